The van der Waals surface area contributed by atoms with Gasteiger partial charge in [-0.1, -0.05) is 157 Å². The lowest BCUT2D eigenvalue weighted by Gasteiger charge is -2.45. The van der Waals surface area contributed by atoms with Crippen LogP contribution in [0.15, 0.2) is 158 Å². The first kappa shape index (κ1) is 34.9. The standard InChI is InChI=1S/C44H41ClO6/c45-38-25-26-39(37-24-14-13-23-36(37)38)50-44-43(49-30-35-21-11-4-12-22-35)42(48-29-34-19-9-3-10-20-34)41(47-28-33-17-7-2-8-18-33)40(51-44)31-46-27-32-15-5-1-6-16-32/h1-26,40-44H,27-31H2/t40-,41-,42+,43-,44-/m1/s1. The quantitative estimate of drug-likeness (QED) is 0.106. The maximum Gasteiger partial charge on any atom is 0.229 e. The summed E-state index contributed by atoms with van der Waals surface area (Å²) in [5.41, 5.74) is 4.16. The van der Waals surface area contributed by atoms with Gasteiger partial charge in [0.05, 0.1) is 33.0 Å². The first-order chi connectivity index (χ1) is 25.2. The second-order valence-electron chi connectivity index (χ2n) is 12.5. The van der Waals surface area contributed by atoms with Crippen LogP contribution in [-0.2, 0) is 50.1 Å². The van der Waals surface area contributed by atoms with Crippen molar-refractivity contribution >= 4 is 22.4 Å². The lowest BCUT2D eigenvalue weighted by molar-refractivity contribution is -0.309. The van der Waals surface area contributed by atoms with Crippen LogP contribution in [-0.4, -0.2) is 37.3 Å². The SMILES string of the molecule is Clc1ccc(O[C@@H]2O[C@H](COCc3ccccc3)[C@@H](OCc3ccccc3)[C@H](OCc3ccccc3)[C@H]2OCc2ccccc2)c2ccccc12. The summed E-state index contributed by atoms with van der Waals surface area (Å²) < 4.78 is 40.4. The maximum absolute atomic E-state index is 6.88. The van der Waals surface area contributed by atoms with E-state index >= 15 is 0 Å². The second kappa shape index (κ2) is 17.6. The molecule has 260 valence electrons. The highest BCUT2D eigenvalue weighted by molar-refractivity contribution is 6.35. The Bertz CT molecular complexity index is 1930. The number of fused-ring (bicyclic) bond motifs is 1. The summed E-state index contributed by atoms with van der Waals surface area (Å²) in [5.74, 6) is 0.628. The van der Waals surface area contributed by atoms with Crippen LogP contribution in [0.2, 0.25) is 5.02 Å². The molecular formula is C44H41ClO6. The van der Waals surface area contributed by atoms with Crippen molar-refractivity contribution in [2.24, 2.45) is 0 Å². The predicted octanol–water partition coefficient (Wildman–Crippen LogP) is 9.57. The largest absolute Gasteiger partial charge is 0.461 e. The van der Waals surface area contributed by atoms with Crippen molar-refractivity contribution < 1.29 is 28.4 Å². The topological polar surface area (TPSA) is 55.4 Å². The summed E-state index contributed by atoms with van der Waals surface area (Å²) in [6, 6.07) is 52.0. The van der Waals surface area contributed by atoms with Gasteiger partial charge in [-0.3, -0.25) is 0 Å². The summed E-state index contributed by atoms with van der Waals surface area (Å²) in [6.45, 7) is 1.68. The van der Waals surface area contributed by atoms with E-state index in [1.54, 1.807) is 0 Å². The van der Waals surface area contributed by atoms with E-state index in [0.29, 0.717) is 37.2 Å². The highest BCUT2D eigenvalue weighted by atomic mass is 35.5. The second-order valence-corrected chi connectivity index (χ2v) is 12.9. The van der Waals surface area contributed by atoms with Crippen LogP contribution in [0, 0.1) is 0 Å². The molecule has 1 aliphatic rings. The Hall–Kier alpha value is -4.53. The molecule has 1 aliphatic heterocycles. The first-order valence-electron chi connectivity index (χ1n) is 17.3. The van der Waals surface area contributed by atoms with E-state index < -0.39 is 30.7 Å². The van der Waals surface area contributed by atoms with Crippen LogP contribution >= 0.6 is 11.6 Å². The summed E-state index contributed by atoms with van der Waals surface area (Å²) in [4.78, 5) is 0. The number of hydrogen-bond acceptors (Lipinski definition) is 6. The van der Waals surface area contributed by atoms with Crippen molar-refractivity contribution in [2.45, 2.75) is 57.1 Å². The predicted molar refractivity (Wildman–Crippen MR) is 199 cm³/mol. The molecule has 1 saturated heterocycles. The minimum Gasteiger partial charge on any atom is -0.461 e. The lowest BCUT2D eigenvalue weighted by atomic mass is 9.97. The molecule has 6 nitrogen and oxygen atoms in total. The summed E-state index contributed by atoms with van der Waals surface area (Å²) in [6.07, 6.45) is -3.28. The maximum atomic E-state index is 6.88. The number of ether oxygens (including phenoxy) is 6. The van der Waals surface area contributed by atoms with Crippen LogP contribution in [0.5, 0.6) is 5.75 Å². The summed E-state index contributed by atoms with van der Waals surface area (Å²) in [7, 11) is 0. The normalized spacial score (nSPS) is 20.3. The Morgan fingerprint density at radius 1 is 0.451 bits per heavy atom. The Kier molecular flexibility index (Phi) is 12.0. The van der Waals surface area contributed by atoms with E-state index in [0.717, 1.165) is 33.0 Å². The molecule has 1 heterocycles. The highest BCUT2D eigenvalue weighted by Gasteiger charge is 2.50. The zero-order valence-electron chi connectivity index (χ0n) is 28.3. The molecule has 5 atom stereocenters. The van der Waals surface area contributed by atoms with Crippen LogP contribution < -0.4 is 4.74 Å². The van der Waals surface area contributed by atoms with Crippen molar-refractivity contribution in [3.8, 4) is 5.75 Å². The molecule has 0 bridgehead atoms. The molecular weight excluding hydrogens is 660 g/mol. The van der Waals surface area contributed by atoms with Gasteiger partial charge in [-0.05, 0) is 34.4 Å². The summed E-state index contributed by atoms with van der Waals surface area (Å²) >= 11 is 6.61. The summed E-state index contributed by atoms with van der Waals surface area (Å²) in [5, 5.41) is 2.40. The molecule has 0 unspecified atom stereocenters. The third-order valence-electron chi connectivity index (χ3n) is 8.91. The van der Waals surface area contributed by atoms with E-state index in [4.69, 9.17) is 40.0 Å². The van der Waals surface area contributed by atoms with Gasteiger partial charge in [0, 0.05) is 15.8 Å². The number of hydrogen-bond donors (Lipinski definition) is 0. The molecule has 7 heteroatoms. The van der Waals surface area contributed by atoms with E-state index in [1.165, 1.54) is 0 Å². The molecule has 0 saturated carbocycles. The van der Waals surface area contributed by atoms with Crippen molar-refractivity contribution in [1.82, 2.24) is 0 Å². The van der Waals surface area contributed by atoms with Gasteiger partial charge in [-0.2, -0.15) is 0 Å². The van der Waals surface area contributed by atoms with E-state index in [-0.39, 0.29) is 6.61 Å². The zero-order chi connectivity index (χ0) is 34.7. The smallest absolute Gasteiger partial charge is 0.229 e. The number of rotatable bonds is 15. The fraction of sp³-hybridized carbons (Fsp3) is 0.227. The zero-order valence-corrected chi connectivity index (χ0v) is 29.0. The molecule has 0 aliphatic carbocycles. The molecule has 0 amide bonds. The van der Waals surface area contributed by atoms with Gasteiger partial charge >= 0.3 is 0 Å². The van der Waals surface area contributed by atoms with E-state index in [2.05, 4.69) is 0 Å². The highest BCUT2D eigenvalue weighted by Crippen LogP contribution is 2.36. The fourth-order valence-corrected chi connectivity index (χ4v) is 6.53. The molecule has 7 rings (SSSR count). The minimum absolute atomic E-state index is 0.242. The Morgan fingerprint density at radius 3 is 1.45 bits per heavy atom. The van der Waals surface area contributed by atoms with Crippen LogP contribution in [0.25, 0.3) is 10.8 Å². The van der Waals surface area contributed by atoms with Crippen molar-refractivity contribution in [2.75, 3.05) is 6.61 Å². The van der Waals surface area contributed by atoms with Crippen LogP contribution in [0.1, 0.15) is 22.3 Å². The molecule has 0 radical (unpaired) electrons. The fourth-order valence-electron chi connectivity index (χ4n) is 6.30. The molecule has 0 spiro atoms. The Labute approximate surface area is 304 Å². The molecule has 0 aromatic heterocycles. The Morgan fingerprint density at radius 2 is 0.902 bits per heavy atom. The van der Waals surface area contributed by atoms with Gasteiger partial charge in [0.1, 0.15) is 30.2 Å². The molecule has 6 aromatic carbocycles. The van der Waals surface area contributed by atoms with E-state index in [1.807, 2.05) is 158 Å². The van der Waals surface area contributed by atoms with Crippen LogP contribution in [0.3, 0.4) is 0 Å². The lowest BCUT2D eigenvalue weighted by Crippen LogP contribution is -2.62. The average Bonchev–Trinajstić information content (AvgIpc) is 3.19. The molecule has 6 aromatic rings. The first-order valence-corrected chi connectivity index (χ1v) is 17.7. The van der Waals surface area contributed by atoms with Gasteiger partial charge in [0.15, 0.2) is 0 Å². The monoisotopic (exact) mass is 700 g/mol. The molecule has 0 N–H and O–H groups in total. The van der Waals surface area contributed by atoms with Gasteiger partial charge in [-0.15, -0.1) is 0 Å². The Balaban J connectivity index is 1.25. The van der Waals surface area contributed by atoms with Crippen molar-refractivity contribution in [3.05, 3.63) is 185 Å². The molecule has 1 fully saturated rings. The number of halogens is 1. The van der Waals surface area contributed by atoms with Gasteiger partial charge in [0.2, 0.25) is 6.29 Å². The van der Waals surface area contributed by atoms with Gasteiger partial charge in [-0.25, -0.2) is 0 Å². The minimum atomic E-state index is -0.874. The van der Waals surface area contributed by atoms with E-state index in [9.17, 15) is 0 Å². The third-order valence-corrected chi connectivity index (χ3v) is 9.24. The number of benzene rings is 6. The van der Waals surface area contributed by atoms with Gasteiger partial charge < -0.3 is 28.4 Å². The third kappa shape index (κ3) is 9.23. The average molecular weight is 701 g/mol. The van der Waals surface area contributed by atoms with Gasteiger partial charge in [0.25, 0.3) is 0 Å². The van der Waals surface area contributed by atoms with Crippen molar-refractivity contribution in [3.63, 3.8) is 0 Å². The van der Waals surface area contributed by atoms with Crippen molar-refractivity contribution in [1.29, 1.82) is 0 Å². The van der Waals surface area contributed by atoms with Crippen LogP contribution in [0.4, 0.5) is 0 Å². The molecule has 51 heavy (non-hydrogen) atoms.